The van der Waals surface area contributed by atoms with Crippen LogP contribution in [0.1, 0.15) is 16.7 Å². The predicted molar refractivity (Wildman–Crippen MR) is 81.5 cm³/mol. The Hall–Kier alpha value is -2.36. The lowest BCUT2D eigenvalue weighted by atomic mass is 10.1. The van der Waals surface area contributed by atoms with E-state index in [1.807, 2.05) is 31.2 Å². The standard InChI is InChI=1S/C17H19FN2O/c1-13-6-8-14(9-7-13)12-20-17(21)19-11-10-15-4-2-3-5-16(15)18/h2-9H,10-12H2,1H3,(H2,19,20,21). The van der Waals surface area contributed by atoms with Gasteiger partial charge in [0.1, 0.15) is 5.82 Å². The Morgan fingerprint density at radius 3 is 2.48 bits per heavy atom. The van der Waals surface area contributed by atoms with Gasteiger partial charge in [0.25, 0.3) is 0 Å². The van der Waals surface area contributed by atoms with Gasteiger partial charge in [0, 0.05) is 13.1 Å². The SMILES string of the molecule is Cc1ccc(CNC(=O)NCCc2ccccc2F)cc1. The van der Waals surface area contributed by atoms with Crippen LogP contribution in [0.15, 0.2) is 48.5 Å². The summed E-state index contributed by atoms with van der Waals surface area (Å²) in [4.78, 5) is 11.6. The third-order valence-corrected chi connectivity index (χ3v) is 3.21. The molecule has 0 bridgehead atoms. The minimum Gasteiger partial charge on any atom is -0.338 e. The highest BCUT2D eigenvalue weighted by Crippen LogP contribution is 2.06. The second-order valence-electron chi connectivity index (χ2n) is 4.94. The molecule has 0 aliphatic heterocycles. The van der Waals surface area contributed by atoms with E-state index in [9.17, 15) is 9.18 Å². The summed E-state index contributed by atoms with van der Waals surface area (Å²) in [7, 11) is 0. The van der Waals surface area contributed by atoms with Crippen molar-refractivity contribution in [3.63, 3.8) is 0 Å². The second-order valence-corrected chi connectivity index (χ2v) is 4.94. The summed E-state index contributed by atoms with van der Waals surface area (Å²) >= 11 is 0. The van der Waals surface area contributed by atoms with Crippen LogP contribution in [-0.2, 0) is 13.0 Å². The average molecular weight is 286 g/mol. The Morgan fingerprint density at radius 2 is 1.76 bits per heavy atom. The maximum Gasteiger partial charge on any atom is 0.315 e. The van der Waals surface area contributed by atoms with E-state index in [-0.39, 0.29) is 11.8 Å². The summed E-state index contributed by atoms with van der Waals surface area (Å²) < 4.78 is 13.4. The number of carbonyl (C=O) groups is 1. The van der Waals surface area contributed by atoms with Crippen molar-refractivity contribution in [2.24, 2.45) is 0 Å². The van der Waals surface area contributed by atoms with Crippen molar-refractivity contribution in [3.8, 4) is 0 Å². The van der Waals surface area contributed by atoms with E-state index < -0.39 is 0 Å². The minimum absolute atomic E-state index is 0.237. The molecule has 0 fully saturated rings. The van der Waals surface area contributed by atoms with Crippen LogP contribution >= 0.6 is 0 Å². The highest BCUT2D eigenvalue weighted by Gasteiger charge is 2.03. The van der Waals surface area contributed by atoms with Crippen LogP contribution < -0.4 is 10.6 Å². The summed E-state index contributed by atoms with van der Waals surface area (Å²) in [6.07, 6.45) is 0.477. The third-order valence-electron chi connectivity index (χ3n) is 3.21. The molecule has 2 amide bonds. The van der Waals surface area contributed by atoms with E-state index in [2.05, 4.69) is 10.6 Å². The molecule has 4 heteroatoms. The molecule has 0 saturated carbocycles. The van der Waals surface area contributed by atoms with Crippen LogP contribution in [0.4, 0.5) is 9.18 Å². The fraction of sp³-hybridized carbons (Fsp3) is 0.235. The van der Waals surface area contributed by atoms with Gasteiger partial charge < -0.3 is 10.6 Å². The molecule has 21 heavy (non-hydrogen) atoms. The molecule has 2 N–H and O–H groups in total. The maximum absolute atomic E-state index is 13.4. The van der Waals surface area contributed by atoms with Crippen molar-refractivity contribution in [1.29, 1.82) is 0 Å². The lowest BCUT2D eigenvalue weighted by molar-refractivity contribution is 0.240. The first-order valence-corrected chi connectivity index (χ1v) is 6.96. The van der Waals surface area contributed by atoms with Gasteiger partial charge >= 0.3 is 6.03 Å². The van der Waals surface area contributed by atoms with Gasteiger partial charge in [-0.1, -0.05) is 48.0 Å². The molecule has 2 rings (SSSR count). The topological polar surface area (TPSA) is 41.1 Å². The average Bonchev–Trinajstić information content (AvgIpc) is 2.49. The third kappa shape index (κ3) is 4.91. The van der Waals surface area contributed by atoms with Gasteiger partial charge in [-0.15, -0.1) is 0 Å². The highest BCUT2D eigenvalue weighted by atomic mass is 19.1. The fourth-order valence-corrected chi connectivity index (χ4v) is 1.96. The molecule has 0 aliphatic carbocycles. The van der Waals surface area contributed by atoms with Crippen molar-refractivity contribution in [2.75, 3.05) is 6.54 Å². The zero-order valence-electron chi connectivity index (χ0n) is 12.0. The lowest BCUT2D eigenvalue weighted by Gasteiger charge is -2.08. The van der Waals surface area contributed by atoms with Crippen LogP contribution in [0.3, 0.4) is 0 Å². The van der Waals surface area contributed by atoms with Gasteiger partial charge in [-0.2, -0.15) is 0 Å². The quantitative estimate of drug-likeness (QED) is 0.871. The summed E-state index contributed by atoms with van der Waals surface area (Å²) in [5.41, 5.74) is 2.84. The molecule has 0 aliphatic rings. The Labute approximate surface area is 124 Å². The zero-order valence-corrected chi connectivity index (χ0v) is 12.0. The van der Waals surface area contributed by atoms with Crippen LogP contribution in [-0.4, -0.2) is 12.6 Å². The highest BCUT2D eigenvalue weighted by molar-refractivity contribution is 5.73. The first-order chi connectivity index (χ1) is 10.1. The van der Waals surface area contributed by atoms with Gasteiger partial charge in [0.2, 0.25) is 0 Å². The number of nitrogens with one attached hydrogen (secondary N) is 2. The molecule has 2 aromatic carbocycles. The van der Waals surface area contributed by atoms with Crippen molar-refractivity contribution in [2.45, 2.75) is 19.9 Å². The Morgan fingerprint density at radius 1 is 1.05 bits per heavy atom. The van der Waals surface area contributed by atoms with Crippen LogP contribution in [0.5, 0.6) is 0 Å². The van der Waals surface area contributed by atoms with E-state index in [0.29, 0.717) is 25.1 Å². The maximum atomic E-state index is 13.4. The lowest BCUT2D eigenvalue weighted by Crippen LogP contribution is -2.36. The molecule has 0 aromatic heterocycles. The van der Waals surface area contributed by atoms with Gasteiger partial charge in [0.05, 0.1) is 0 Å². The molecule has 0 radical (unpaired) electrons. The number of halogens is 1. The predicted octanol–water partition coefficient (Wildman–Crippen LogP) is 3.18. The van der Waals surface area contributed by atoms with Gasteiger partial charge in [-0.05, 0) is 30.5 Å². The van der Waals surface area contributed by atoms with E-state index in [4.69, 9.17) is 0 Å². The summed E-state index contributed by atoms with van der Waals surface area (Å²) in [6.45, 7) is 2.90. The fourth-order valence-electron chi connectivity index (χ4n) is 1.96. The van der Waals surface area contributed by atoms with Crippen molar-refractivity contribution >= 4 is 6.03 Å². The Kier molecular flexibility index (Phi) is 5.32. The number of hydrogen-bond donors (Lipinski definition) is 2. The van der Waals surface area contributed by atoms with Gasteiger partial charge in [-0.3, -0.25) is 0 Å². The number of rotatable bonds is 5. The van der Waals surface area contributed by atoms with Crippen LogP contribution in [0.25, 0.3) is 0 Å². The van der Waals surface area contributed by atoms with Crippen molar-refractivity contribution < 1.29 is 9.18 Å². The summed E-state index contributed by atoms with van der Waals surface area (Å²) in [6, 6.07) is 14.3. The zero-order chi connectivity index (χ0) is 15.1. The second kappa shape index (κ2) is 7.43. The monoisotopic (exact) mass is 286 g/mol. The van der Waals surface area contributed by atoms with Crippen LogP contribution in [0, 0.1) is 12.7 Å². The molecule has 0 unspecified atom stereocenters. The largest absolute Gasteiger partial charge is 0.338 e. The molecule has 0 heterocycles. The minimum atomic E-state index is -0.244. The summed E-state index contributed by atoms with van der Waals surface area (Å²) in [5, 5.41) is 5.50. The van der Waals surface area contributed by atoms with Crippen molar-refractivity contribution in [3.05, 3.63) is 71.0 Å². The van der Waals surface area contributed by atoms with E-state index in [1.54, 1.807) is 18.2 Å². The molecule has 0 spiro atoms. The number of urea groups is 1. The molecular weight excluding hydrogens is 267 g/mol. The normalized spacial score (nSPS) is 10.2. The molecular formula is C17H19FN2O. The number of amides is 2. The number of carbonyl (C=O) groups excluding carboxylic acids is 1. The number of aryl methyl sites for hydroxylation is 1. The molecule has 0 saturated heterocycles. The van der Waals surface area contributed by atoms with Gasteiger partial charge in [-0.25, -0.2) is 9.18 Å². The molecule has 110 valence electrons. The molecule has 2 aromatic rings. The Balaban J connectivity index is 1.70. The summed E-state index contributed by atoms with van der Waals surface area (Å²) in [5.74, 6) is -0.237. The van der Waals surface area contributed by atoms with Crippen LogP contribution in [0.2, 0.25) is 0 Å². The number of hydrogen-bond acceptors (Lipinski definition) is 1. The first-order valence-electron chi connectivity index (χ1n) is 6.96. The molecule has 3 nitrogen and oxygen atoms in total. The van der Waals surface area contributed by atoms with E-state index in [0.717, 1.165) is 5.56 Å². The number of benzene rings is 2. The smallest absolute Gasteiger partial charge is 0.315 e. The van der Waals surface area contributed by atoms with E-state index in [1.165, 1.54) is 11.6 Å². The first kappa shape index (κ1) is 15.0. The molecule has 0 atom stereocenters. The van der Waals surface area contributed by atoms with Crippen molar-refractivity contribution in [1.82, 2.24) is 10.6 Å². The Bertz CT molecular complexity index is 596. The van der Waals surface area contributed by atoms with Gasteiger partial charge in [0.15, 0.2) is 0 Å². The van der Waals surface area contributed by atoms with E-state index >= 15 is 0 Å².